The maximum absolute atomic E-state index is 10.3. The van der Waals surface area contributed by atoms with Crippen LogP contribution in [-0.2, 0) is 4.99 Å². The van der Waals surface area contributed by atoms with Gasteiger partial charge < -0.3 is 4.89 Å². The van der Waals surface area contributed by atoms with Crippen LogP contribution in [0.3, 0.4) is 0 Å². The molecular formula is C7H8N2O4. The molecule has 70 valence electrons. The number of nitro groups is 1. The minimum absolute atomic E-state index is 0.00173. The first-order chi connectivity index (χ1) is 6.15. The Morgan fingerprint density at radius 1 is 1.54 bits per heavy atom. The zero-order chi connectivity index (χ0) is 9.84. The van der Waals surface area contributed by atoms with Crippen molar-refractivity contribution in [2.75, 3.05) is 0 Å². The number of hydrogen-bond acceptors (Lipinski definition) is 5. The maximum Gasteiger partial charge on any atom is 0.269 e. The van der Waals surface area contributed by atoms with Crippen molar-refractivity contribution in [3.05, 3.63) is 33.9 Å². The topological polar surface area (TPSA) is 87.6 Å². The van der Waals surface area contributed by atoms with Crippen LogP contribution in [0.25, 0.3) is 0 Å². The number of nitrogens with two attached hydrogens (primary N) is 1. The summed E-state index contributed by atoms with van der Waals surface area (Å²) in [5.74, 6) is 5.03. The van der Waals surface area contributed by atoms with E-state index in [9.17, 15) is 10.1 Å². The van der Waals surface area contributed by atoms with Gasteiger partial charge in [0.25, 0.3) is 5.69 Å². The number of non-ortho nitro benzene ring substituents is 1. The van der Waals surface area contributed by atoms with Crippen LogP contribution >= 0.6 is 0 Å². The molecule has 0 bridgehead atoms. The van der Waals surface area contributed by atoms with Crippen molar-refractivity contribution >= 4 is 5.69 Å². The lowest BCUT2D eigenvalue weighted by Crippen LogP contribution is -2.04. The first-order valence-electron chi connectivity index (χ1n) is 3.43. The van der Waals surface area contributed by atoms with Crippen LogP contribution in [0.5, 0.6) is 5.75 Å². The molecule has 6 heteroatoms. The second kappa shape index (κ2) is 3.83. The Bertz CT molecular complexity index is 326. The molecule has 2 N–H and O–H groups in total. The third kappa shape index (κ3) is 2.14. The highest BCUT2D eigenvalue weighted by atomic mass is 17.3. The quantitative estimate of drug-likeness (QED) is 0.431. The molecule has 0 saturated heterocycles. The van der Waals surface area contributed by atoms with E-state index in [4.69, 9.17) is 0 Å². The van der Waals surface area contributed by atoms with Crippen LogP contribution < -0.4 is 10.8 Å². The first-order valence-corrected chi connectivity index (χ1v) is 3.43. The Morgan fingerprint density at radius 3 is 2.69 bits per heavy atom. The normalized spacial score (nSPS) is 9.69. The summed E-state index contributed by atoms with van der Waals surface area (Å²) in [4.78, 5) is 18.3. The van der Waals surface area contributed by atoms with Crippen molar-refractivity contribution in [3.63, 3.8) is 0 Å². The van der Waals surface area contributed by atoms with Gasteiger partial charge in [-0.3, -0.25) is 10.1 Å². The lowest BCUT2D eigenvalue weighted by molar-refractivity contribution is -0.385. The van der Waals surface area contributed by atoms with Crippen molar-refractivity contribution in [3.8, 4) is 5.75 Å². The molecule has 0 fully saturated rings. The Balaban J connectivity index is 2.98. The van der Waals surface area contributed by atoms with Gasteiger partial charge in [-0.2, -0.15) is 5.90 Å². The van der Waals surface area contributed by atoms with Gasteiger partial charge in [-0.05, 0) is 13.0 Å². The molecule has 1 aromatic carbocycles. The summed E-state index contributed by atoms with van der Waals surface area (Å²) in [5.41, 5.74) is 0.585. The molecule has 0 unspecified atom stereocenters. The van der Waals surface area contributed by atoms with E-state index in [2.05, 4.69) is 15.8 Å². The lowest BCUT2D eigenvalue weighted by atomic mass is 10.2. The van der Waals surface area contributed by atoms with Crippen molar-refractivity contribution < 1.29 is 14.8 Å². The number of nitrogens with zero attached hydrogens (tertiary/aromatic N) is 1. The monoisotopic (exact) mass is 184 g/mol. The largest absolute Gasteiger partial charge is 0.319 e. The molecule has 0 saturated carbocycles. The van der Waals surface area contributed by atoms with Gasteiger partial charge in [0, 0.05) is 17.7 Å². The predicted octanol–water partition coefficient (Wildman–Crippen LogP) is 1.09. The van der Waals surface area contributed by atoms with Crippen LogP contribution in [0.15, 0.2) is 18.2 Å². The number of nitro benzene ring substituents is 1. The second-order valence-electron chi connectivity index (χ2n) is 2.39. The van der Waals surface area contributed by atoms with Gasteiger partial charge in [0.1, 0.15) is 0 Å². The van der Waals surface area contributed by atoms with E-state index in [0.717, 1.165) is 0 Å². The summed E-state index contributed by atoms with van der Waals surface area (Å²) in [7, 11) is 0. The smallest absolute Gasteiger partial charge is 0.269 e. The minimum atomic E-state index is -0.486. The SMILES string of the molecule is Cc1cc([N+](=O)[O-])ccc1OON. The number of aryl methyl sites for hydroxylation is 1. The van der Waals surface area contributed by atoms with Crippen molar-refractivity contribution in [2.45, 2.75) is 6.92 Å². The first kappa shape index (κ1) is 9.43. The molecule has 0 radical (unpaired) electrons. The number of hydrogen-bond donors (Lipinski definition) is 1. The van der Waals surface area contributed by atoms with Gasteiger partial charge in [-0.15, -0.1) is 0 Å². The summed E-state index contributed by atoms with van der Waals surface area (Å²) in [6, 6.07) is 4.09. The summed E-state index contributed by atoms with van der Waals surface area (Å²) >= 11 is 0. The molecule has 0 atom stereocenters. The fourth-order valence-electron chi connectivity index (χ4n) is 0.892. The molecule has 0 aromatic heterocycles. The predicted molar refractivity (Wildman–Crippen MR) is 43.7 cm³/mol. The molecule has 0 spiro atoms. The number of rotatable bonds is 3. The molecule has 0 aliphatic rings. The molecule has 0 aliphatic heterocycles. The van der Waals surface area contributed by atoms with Gasteiger partial charge in [0.15, 0.2) is 5.75 Å². The fraction of sp³-hybridized carbons (Fsp3) is 0.143. The molecule has 0 heterocycles. The van der Waals surface area contributed by atoms with Crippen LogP contribution in [0.1, 0.15) is 5.56 Å². The highest BCUT2D eigenvalue weighted by molar-refractivity contribution is 5.42. The number of benzene rings is 1. The average Bonchev–Trinajstić information content (AvgIpc) is 2.08. The molecule has 1 rings (SSSR count). The Morgan fingerprint density at radius 2 is 2.23 bits per heavy atom. The molecule has 13 heavy (non-hydrogen) atoms. The Kier molecular flexibility index (Phi) is 2.78. The summed E-state index contributed by atoms with van der Waals surface area (Å²) in [5, 5.41) is 10.3. The van der Waals surface area contributed by atoms with E-state index in [1.807, 2.05) is 0 Å². The van der Waals surface area contributed by atoms with Gasteiger partial charge in [-0.1, -0.05) is 4.99 Å². The van der Waals surface area contributed by atoms with E-state index in [1.165, 1.54) is 18.2 Å². The highest BCUT2D eigenvalue weighted by Crippen LogP contribution is 2.22. The van der Waals surface area contributed by atoms with Crippen LogP contribution in [-0.4, -0.2) is 4.92 Å². The Labute approximate surface area is 73.9 Å². The van der Waals surface area contributed by atoms with Gasteiger partial charge in [-0.25, -0.2) is 0 Å². The summed E-state index contributed by atoms with van der Waals surface area (Å²) in [6.45, 7) is 1.65. The van der Waals surface area contributed by atoms with Crippen LogP contribution in [0.4, 0.5) is 5.69 Å². The van der Waals surface area contributed by atoms with Crippen molar-refractivity contribution in [1.82, 2.24) is 0 Å². The van der Waals surface area contributed by atoms with Crippen LogP contribution in [0, 0.1) is 17.0 Å². The standard InChI is InChI=1S/C7H8N2O4/c1-5-4-6(9(10)11)2-3-7(5)12-13-8/h2-4H,8H2,1H3. The molecule has 0 aliphatic carbocycles. The van der Waals surface area contributed by atoms with E-state index in [-0.39, 0.29) is 5.69 Å². The van der Waals surface area contributed by atoms with Gasteiger partial charge in [0.2, 0.25) is 0 Å². The summed E-state index contributed by atoms with van der Waals surface area (Å²) < 4.78 is 0. The van der Waals surface area contributed by atoms with E-state index < -0.39 is 4.92 Å². The van der Waals surface area contributed by atoms with E-state index in [0.29, 0.717) is 11.3 Å². The molecular weight excluding hydrogens is 176 g/mol. The van der Waals surface area contributed by atoms with Crippen molar-refractivity contribution in [1.29, 1.82) is 0 Å². The fourth-order valence-corrected chi connectivity index (χ4v) is 0.892. The van der Waals surface area contributed by atoms with Crippen LogP contribution in [0.2, 0.25) is 0 Å². The van der Waals surface area contributed by atoms with Gasteiger partial charge >= 0.3 is 0 Å². The van der Waals surface area contributed by atoms with Crippen molar-refractivity contribution in [2.24, 2.45) is 5.90 Å². The minimum Gasteiger partial charge on any atom is -0.319 e. The lowest BCUT2D eigenvalue weighted by Gasteiger charge is -2.02. The van der Waals surface area contributed by atoms with E-state index >= 15 is 0 Å². The maximum atomic E-state index is 10.3. The zero-order valence-corrected chi connectivity index (χ0v) is 6.89. The Hall–Kier alpha value is -1.66. The molecule has 6 nitrogen and oxygen atoms in total. The zero-order valence-electron chi connectivity index (χ0n) is 6.89. The van der Waals surface area contributed by atoms with E-state index in [1.54, 1.807) is 6.92 Å². The highest BCUT2D eigenvalue weighted by Gasteiger charge is 2.08. The summed E-state index contributed by atoms with van der Waals surface area (Å²) in [6.07, 6.45) is 0. The second-order valence-corrected chi connectivity index (χ2v) is 2.39. The molecule has 1 aromatic rings. The van der Waals surface area contributed by atoms with Gasteiger partial charge in [0.05, 0.1) is 4.92 Å². The average molecular weight is 184 g/mol. The molecule has 0 amide bonds. The third-order valence-electron chi connectivity index (χ3n) is 1.51. The third-order valence-corrected chi connectivity index (χ3v) is 1.51.